The van der Waals surface area contributed by atoms with Gasteiger partial charge in [0.05, 0.1) is 17.6 Å². The molecule has 1 amide bonds. The predicted molar refractivity (Wildman–Crippen MR) is 98.8 cm³/mol. The zero-order valence-corrected chi connectivity index (χ0v) is 14.2. The fourth-order valence-electron chi connectivity index (χ4n) is 2.90. The minimum atomic E-state index is -0.537. The molecule has 7 heteroatoms. The Morgan fingerprint density at radius 2 is 1.88 bits per heavy atom. The summed E-state index contributed by atoms with van der Waals surface area (Å²) in [6.45, 7) is 4.95. The summed E-state index contributed by atoms with van der Waals surface area (Å²) in [6.07, 6.45) is 1.43. The first kappa shape index (κ1) is 17.5. The van der Waals surface area contributed by atoms with E-state index in [1.807, 2.05) is 18.2 Å². The van der Waals surface area contributed by atoms with Crippen molar-refractivity contribution in [3.05, 3.63) is 70.3 Å². The summed E-state index contributed by atoms with van der Waals surface area (Å²) in [5.74, 6) is 0.376. The molecule has 0 saturated carbocycles. The van der Waals surface area contributed by atoms with Gasteiger partial charge in [-0.2, -0.15) is 0 Å². The lowest BCUT2D eigenvalue weighted by molar-refractivity contribution is -0.384. The number of nitrogen functional groups attached to an aromatic ring is 1. The maximum atomic E-state index is 12.4. The van der Waals surface area contributed by atoms with Gasteiger partial charge in [0.1, 0.15) is 11.4 Å². The van der Waals surface area contributed by atoms with Crippen LogP contribution in [0.3, 0.4) is 0 Å². The highest BCUT2D eigenvalue weighted by atomic mass is 16.6. The van der Waals surface area contributed by atoms with E-state index in [9.17, 15) is 14.9 Å². The number of nitro benzene ring substituents is 1. The lowest BCUT2D eigenvalue weighted by Crippen LogP contribution is -2.24. The minimum Gasteiger partial charge on any atom is -0.493 e. The highest BCUT2D eigenvalue weighted by Crippen LogP contribution is 2.31. The van der Waals surface area contributed by atoms with Gasteiger partial charge in [-0.15, -0.1) is 0 Å². The van der Waals surface area contributed by atoms with Gasteiger partial charge in [0.25, 0.3) is 11.6 Å². The summed E-state index contributed by atoms with van der Waals surface area (Å²) < 4.78 is 5.55. The Labute approximate surface area is 150 Å². The molecule has 2 aromatic carbocycles. The van der Waals surface area contributed by atoms with Crippen LogP contribution in [-0.4, -0.2) is 28.9 Å². The standard InChI is InChI=1S/C19H19N3O4/c1-13-15-6-2-3-7-16(15)19(23)21(13)10-4-5-11-26-14-8-9-17(20)18(12-14)22(24)25/h2-3,6-9,12H,1,4-5,10-11,20H2. The van der Waals surface area contributed by atoms with Crippen LogP contribution in [0.5, 0.6) is 5.75 Å². The monoisotopic (exact) mass is 353 g/mol. The molecule has 2 aromatic rings. The van der Waals surface area contributed by atoms with Crippen LogP contribution in [0.25, 0.3) is 5.70 Å². The molecule has 0 unspecified atom stereocenters. The van der Waals surface area contributed by atoms with E-state index in [-0.39, 0.29) is 17.3 Å². The van der Waals surface area contributed by atoms with Crippen molar-refractivity contribution >= 4 is 23.0 Å². The summed E-state index contributed by atoms with van der Waals surface area (Å²) in [5, 5.41) is 10.9. The van der Waals surface area contributed by atoms with Crippen molar-refractivity contribution in [2.24, 2.45) is 0 Å². The van der Waals surface area contributed by atoms with Crippen LogP contribution >= 0.6 is 0 Å². The Morgan fingerprint density at radius 1 is 1.15 bits per heavy atom. The molecule has 0 atom stereocenters. The first-order chi connectivity index (χ1) is 12.5. The number of unbranched alkanes of at least 4 members (excludes halogenated alkanes) is 1. The third-order valence-electron chi connectivity index (χ3n) is 4.28. The summed E-state index contributed by atoms with van der Waals surface area (Å²) >= 11 is 0. The second kappa shape index (κ2) is 7.26. The number of hydrogen-bond acceptors (Lipinski definition) is 5. The molecule has 0 fully saturated rings. The molecule has 0 bridgehead atoms. The zero-order valence-electron chi connectivity index (χ0n) is 14.2. The average Bonchev–Trinajstić information content (AvgIpc) is 2.87. The number of anilines is 1. The molecule has 7 nitrogen and oxygen atoms in total. The second-order valence-corrected chi connectivity index (χ2v) is 5.98. The molecule has 1 aliphatic rings. The lowest BCUT2D eigenvalue weighted by Gasteiger charge is -2.17. The molecule has 1 aliphatic heterocycles. The number of benzene rings is 2. The topological polar surface area (TPSA) is 98.7 Å². The summed E-state index contributed by atoms with van der Waals surface area (Å²) in [6, 6.07) is 11.8. The largest absolute Gasteiger partial charge is 0.493 e. The van der Waals surface area contributed by atoms with Gasteiger partial charge in [-0.3, -0.25) is 14.9 Å². The molecule has 1 heterocycles. The number of nitrogens with two attached hydrogens (primary N) is 1. The molecular formula is C19H19N3O4. The maximum Gasteiger partial charge on any atom is 0.295 e. The predicted octanol–water partition coefficient (Wildman–Crippen LogP) is 3.46. The first-order valence-corrected chi connectivity index (χ1v) is 8.26. The van der Waals surface area contributed by atoms with Gasteiger partial charge in [0, 0.05) is 23.4 Å². The van der Waals surface area contributed by atoms with Gasteiger partial charge < -0.3 is 15.4 Å². The number of hydrogen-bond donors (Lipinski definition) is 1. The summed E-state index contributed by atoms with van der Waals surface area (Å²) in [7, 11) is 0. The van der Waals surface area contributed by atoms with Crippen LogP contribution in [-0.2, 0) is 0 Å². The van der Waals surface area contributed by atoms with Crippen molar-refractivity contribution in [3.8, 4) is 5.75 Å². The molecule has 0 radical (unpaired) electrons. The van der Waals surface area contributed by atoms with Crippen molar-refractivity contribution in [2.75, 3.05) is 18.9 Å². The van der Waals surface area contributed by atoms with Crippen LogP contribution < -0.4 is 10.5 Å². The van der Waals surface area contributed by atoms with Crippen molar-refractivity contribution in [1.82, 2.24) is 4.90 Å². The van der Waals surface area contributed by atoms with Gasteiger partial charge in [-0.1, -0.05) is 24.8 Å². The van der Waals surface area contributed by atoms with E-state index < -0.39 is 4.92 Å². The number of amides is 1. The van der Waals surface area contributed by atoms with Gasteiger partial charge in [0.2, 0.25) is 0 Å². The summed E-state index contributed by atoms with van der Waals surface area (Å²) in [5.41, 5.74) is 7.78. The smallest absolute Gasteiger partial charge is 0.295 e. The van der Waals surface area contributed by atoms with Gasteiger partial charge in [0.15, 0.2) is 0 Å². The second-order valence-electron chi connectivity index (χ2n) is 5.98. The number of nitro groups is 1. The van der Waals surface area contributed by atoms with Crippen LogP contribution in [0, 0.1) is 10.1 Å². The number of carbonyl (C=O) groups excluding carboxylic acids is 1. The Kier molecular flexibility index (Phi) is 4.88. The highest BCUT2D eigenvalue weighted by Gasteiger charge is 2.29. The van der Waals surface area contributed by atoms with E-state index in [0.29, 0.717) is 30.9 Å². The Bertz CT molecular complexity index is 844. The maximum absolute atomic E-state index is 12.4. The van der Waals surface area contributed by atoms with Gasteiger partial charge in [-0.25, -0.2) is 0 Å². The Balaban J connectivity index is 1.48. The number of rotatable bonds is 7. The third-order valence-corrected chi connectivity index (χ3v) is 4.28. The molecule has 26 heavy (non-hydrogen) atoms. The van der Waals surface area contributed by atoms with E-state index in [1.54, 1.807) is 17.0 Å². The molecule has 134 valence electrons. The number of nitrogens with zero attached hydrogens (tertiary/aromatic N) is 2. The van der Waals surface area contributed by atoms with Gasteiger partial charge >= 0.3 is 0 Å². The first-order valence-electron chi connectivity index (χ1n) is 8.26. The van der Waals surface area contributed by atoms with Crippen molar-refractivity contribution in [2.45, 2.75) is 12.8 Å². The van der Waals surface area contributed by atoms with E-state index >= 15 is 0 Å². The fourth-order valence-corrected chi connectivity index (χ4v) is 2.90. The molecular weight excluding hydrogens is 334 g/mol. The Morgan fingerprint density at radius 3 is 2.58 bits per heavy atom. The Hall–Kier alpha value is -3.35. The molecule has 0 aromatic heterocycles. The lowest BCUT2D eigenvalue weighted by atomic mass is 10.1. The third kappa shape index (κ3) is 3.37. The number of ether oxygens (including phenoxy) is 1. The summed E-state index contributed by atoms with van der Waals surface area (Å²) in [4.78, 5) is 24.4. The van der Waals surface area contributed by atoms with E-state index in [1.165, 1.54) is 12.1 Å². The number of fused-ring (bicyclic) bond motifs is 1. The molecule has 2 N–H and O–H groups in total. The minimum absolute atomic E-state index is 0.0272. The van der Waals surface area contributed by atoms with Crippen molar-refractivity contribution < 1.29 is 14.5 Å². The molecule has 0 spiro atoms. The quantitative estimate of drug-likeness (QED) is 0.356. The van der Waals surface area contributed by atoms with Crippen LogP contribution in [0.4, 0.5) is 11.4 Å². The molecule has 0 aliphatic carbocycles. The van der Waals surface area contributed by atoms with Crippen molar-refractivity contribution in [3.63, 3.8) is 0 Å². The molecule has 0 saturated heterocycles. The fraction of sp³-hybridized carbons (Fsp3) is 0.211. The van der Waals surface area contributed by atoms with Gasteiger partial charge in [-0.05, 0) is 31.0 Å². The highest BCUT2D eigenvalue weighted by molar-refractivity contribution is 6.08. The van der Waals surface area contributed by atoms with Crippen LogP contribution in [0.15, 0.2) is 49.0 Å². The molecule has 3 rings (SSSR count). The van der Waals surface area contributed by atoms with E-state index in [0.717, 1.165) is 17.7 Å². The van der Waals surface area contributed by atoms with Crippen molar-refractivity contribution in [1.29, 1.82) is 0 Å². The zero-order chi connectivity index (χ0) is 18.7. The van der Waals surface area contributed by atoms with Crippen LogP contribution in [0.1, 0.15) is 28.8 Å². The van der Waals surface area contributed by atoms with E-state index in [4.69, 9.17) is 10.5 Å². The SMILES string of the molecule is C=C1c2ccccc2C(=O)N1CCCCOc1ccc(N)c([N+](=O)[O-])c1. The number of carbonyl (C=O) groups is 1. The normalized spacial score (nSPS) is 13.0. The van der Waals surface area contributed by atoms with Crippen LogP contribution in [0.2, 0.25) is 0 Å². The average molecular weight is 353 g/mol. The van der Waals surface area contributed by atoms with E-state index in [2.05, 4.69) is 6.58 Å².